The van der Waals surface area contributed by atoms with E-state index in [4.69, 9.17) is 5.73 Å². The molecule has 0 aromatic rings. The van der Waals surface area contributed by atoms with Gasteiger partial charge in [-0.15, -0.1) is 0 Å². The first kappa shape index (κ1) is 17.4. The summed E-state index contributed by atoms with van der Waals surface area (Å²) in [4.78, 5) is 14.8. The van der Waals surface area contributed by atoms with E-state index in [1.165, 1.54) is 25.9 Å². The van der Waals surface area contributed by atoms with Crippen molar-refractivity contribution in [1.82, 2.24) is 10.2 Å². The molecule has 118 valence electrons. The van der Waals surface area contributed by atoms with Gasteiger partial charge in [0.1, 0.15) is 0 Å². The molecule has 0 spiro atoms. The van der Waals surface area contributed by atoms with Gasteiger partial charge in [-0.25, -0.2) is 0 Å². The van der Waals surface area contributed by atoms with Gasteiger partial charge in [-0.2, -0.15) is 0 Å². The average molecular weight is 283 g/mol. The Hall–Kier alpha value is -0.610. The van der Waals surface area contributed by atoms with Crippen molar-refractivity contribution in [2.24, 2.45) is 17.1 Å². The Morgan fingerprint density at radius 2 is 1.90 bits per heavy atom. The Balaban J connectivity index is 2.21. The topological polar surface area (TPSA) is 58.4 Å². The first-order valence-corrected chi connectivity index (χ1v) is 8.28. The zero-order valence-corrected chi connectivity index (χ0v) is 13.6. The third-order valence-electron chi connectivity index (χ3n) is 5.04. The van der Waals surface area contributed by atoms with Crippen LogP contribution in [0.4, 0.5) is 0 Å². The summed E-state index contributed by atoms with van der Waals surface area (Å²) in [5, 5.41) is 3.08. The van der Waals surface area contributed by atoms with E-state index in [1.807, 2.05) is 13.8 Å². The van der Waals surface area contributed by atoms with Crippen molar-refractivity contribution in [2.75, 3.05) is 32.7 Å². The highest BCUT2D eigenvalue weighted by atomic mass is 16.2. The molecule has 3 N–H and O–H groups in total. The molecule has 0 atom stereocenters. The molecule has 1 saturated heterocycles. The molecule has 0 aromatic heterocycles. The van der Waals surface area contributed by atoms with Crippen LogP contribution in [-0.4, -0.2) is 43.5 Å². The molecule has 0 saturated carbocycles. The third-order valence-corrected chi connectivity index (χ3v) is 5.04. The molecule has 1 heterocycles. The number of rotatable bonds is 8. The maximum Gasteiger partial charge on any atom is 0.227 e. The highest BCUT2D eigenvalue weighted by Gasteiger charge is 2.32. The van der Waals surface area contributed by atoms with Crippen molar-refractivity contribution in [3.05, 3.63) is 0 Å². The summed E-state index contributed by atoms with van der Waals surface area (Å²) >= 11 is 0. The third kappa shape index (κ3) is 4.74. The van der Waals surface area contributed by atoms with Gasteiger partial charge in [0, 0.05) is 13.1 Å². The van der Waals surface area contributed by atoms with Gasteiger partial charge in [0.05, 0.1) is 5.41 Å². The number of hydrogen-bond donors (Lipinski definition) is 2. The molecule has 0 radical (unpaired) electrons. The van der Waals surface area contributed by atoms with Gasteiger partial charge in [-0.05, 0) is 57.7 Å². The summed E-state index contributed by atoms with van der Waals surface area (Å²) in [5.74, 6) is 1.02. The summed E-state index contributed by atoms with van der Waals surface area (Å²) in [6.45, 7) is 11.2. The molecule has 20 heavy (non-hydrogen) atoms. The predicted molar refractivity (Wildman–Crippen MR) is 84.5 cm³/mol. The van der Waals surface area contributed by atoms with Crippen LogP contribution in [0.15, 0.2) is 0 Å². The molecule has 4 heteroatoms. The van der Waals surface area contributed by atoms with Gasteiger partial charge < -0.3 is 16.0 Å². The van der Waals surface area contributed by atoms with Gasteiger partial charge in [0.2, 0.25) is 5.91 Å². The minimum absolute atomic E-state index is 0.136. The van der Waals surface area contributed by atoms with Crippen molar-refractivity contribution < 1.29 is 4.79 Å². The first-order chi connectivity index (χ1) is 9.57. The lowest BCUT2D eigenvalue weighted by atomic mass is 9.81. The van der Waals surface area contributed by atoms with E-state index in [0.29, 0.717) is 6.54 Å². The quantitative estimate of drug-likeness (QED) is 0.670. The zero-order chi connectivity index (χ0) is 15.0. The zero-order valence-electron chi connectivity index (χ0n) is 13.6. The maximum absolute atomic E-state index is 12.2. The Labute approximate surface area is 124 Å². The molecule has 1 rings (SSSR count). The highest BCUT2D eigenvalue weighted by molar-refractivity contribution is 5.82. The number of nitrogens with two attached hydrogens (primary N) is 1. The Kier molecular flexibility index (Phi) is 7.52. The van der Waals surface area contributed by atoms with Crippen LogP contribution in [0.1, 0.15) is 52.9 Å². The van der Waals surface area contributed by atoms with Crippen molar-refractivity contribution in [3.8, 4) is 0 Å². The molecule has 4 nitrogen and oxygen atoms in total. The van der Waals surface area contributed by atoms with Crippen LogP contribution in [0, 0.1) is 11.3 Å². The fraction of sp³-hybridized carbons (Fsp3) is 0.938. The number of likely N-dealkylation sites (tertiary alicyclic amines) is 1. The van der Waals surface area contributed by atoms with E-state index in [0.717, 1.165) is 38.3 Å². The minimum atomic E-state index is -0.361. The first-order valence-electron chi connectivity index (χ1n) is 8.28. The Morgan fingerprint density at radius 1 is 1.30 bits per heavy atom. The standard InChI is InChI=1S/C16H33N3O/c1-4-16(5-2,13-17)15(20)18-9-6-10-19-11-7-14(3)8-12-19/h14H,4-13,17H2,1-3H3,(H,18,20). The van der Waals surface area contributed by atoms with Crippen LogP contribution in [-0.2, 0) is 4.79 Å². The van der Waals surface area contributed by atoms with Crippen molar-refractivity contribution in [3.63, 3.8) is 0 Å². The minimum Gasteiger partial charge on any atom is -0.356 e. The van der Waals surface area contributed by atoms with Gasteiger partial charge in [-0.3, -0.25) is 4.79 Å². The lowest BCUT2D eigenvalue weighted by molar-refractivity contribution is -0.131. The van der Waals surface area contributed by atoms with Crippen LogP contribution in [0.2, 0.25) is 0 Å². The lowest BCUT2D eigenvalue weighted by Gasteiger charge is -2.31. The van der Waals surface area contributed by atoms with Crippen LogP contribution in [0.25, 0.3) is 0 Å². The molecule has 1 fully saturated rings. The molecular formula is C16H33N3O. The second-order valence-corrected chi connectivity index (χ2v) is 6.33. The molecule has 0 aliphatic carbocycles. The van der Waals surface area contributed by atoms with Crippen molar-refractivity contribution in [1.29, 1.82) is 0 Å². The molecule has 0 aromatic carbocycles. The normalized spacial score (nSPS) is 18.2. The fourth-order valence-corrected chi connectivity index (χ4v) is 2.93. The van der Waals surface area contributed by atoms with Gasteiger partial charge in [0.25, 0.3) is 0 Å². The van der Waals surface area contributed by atoms with Crippen LogP contribution in [0.3, 0.4) is 0 Å². The smallest absolute Gasteiger partial charge is 0.227 e. The maximum atomic E-state index is 12.2. The van der Waals surface area contributed by atoms with Crippen LogP contribution in [0.5, 0.6) is 0 Å². The predicted octanol–water partition coefficient (Wildman–Crippen LogP) is 1.99. The van der Waals surface area contributed by atoms with Crippen molar-refractivity contribution in [2.45, 2.75) is 52.9 Å². The molecule has 0 bridgehead atoms. The van der Waals surface area contributed by atoms with E-state index < -0.39 is 0 Å². The van der Waals surface area contributed by atoms with Gasteiger partial charge in [-0.1, -0.05) is 20.8 Å². The van der Waals surface area contributed by atoms with Crippen LogP contribution >= 0.6 is 0 Å². The van der Waals surface area contributed by atoms with E-state index >= 15 is 0 Å². The molecule has 1 aliphatic rings. The van der Waals surface area contributed by atoms with Crippen molar-refractivity contribution >= 4 is 5.91 Å². The van der Waals surface area contributed by atoms with E-state index in [-0.39, 0.29) is 11.3 Å². The summed E-state index contributed by atoms with van der Waals surface area (Å²) in [7, 11) is 0. The average Bonchev–Trinajstić information content (AvgIpc) is 2.48. The Morgan fingerprint density at radius 3 is 2.40 bits per heavy atom. The monoisotopic (exact) mass is 283 g/mol. The molecular weight excluding hydrogens is 250 g/mol. The van der Waals surface area contributed by atoms with Crippen LogP contribution < -0.4 is 11.1 Å². The number of amides is 1. The highest BCUT2D eigenvalue weighted by Crippen LogP contribution is 2.24. The van der Waals surface area contributed by atoms with Gasteiger partial charge in [0.15, 0.2) is 0 Å². The summed E-state index contributed by atoms with van der Waals surface area (Å²) in [6.07, 6.45) is 5.29. The molecule has 1 aliphatic heterocycles. The molecule has 0 unspecified atom stereocenters. The number of nitrogens with zero attached hydrogens (tertiary/aromatic N) is 1. The fourth-order valence-electron chi connectivity index (χ4n) is 2.93. The number of hydrogen-bond acceptors (Lipinski definition) is 3. The second kappa shape index (κ2) is 8.63. The molecule has 1 amide bonds. The van der Waals surface area contributed by atoms with Gasteiger partial charge >= 0.3 is 0 Å². The summed E-state index contributed by atoms with van der Waals surface area (Å²) in [5.41, 5.74) is 5.43. The van der Waals surface area contributed by atoms with E-state index in [1.54, 1.807) is 0 Å². The second-order valence-electron chi connectivity index (χ2n) is 6.33. The SMILES string of the molecule is CCC(CC)(CN)C(=O)NCCCN1CCC(C)CC1. The number of carbonyl (C=O) groups is 1. The Bertz CT molecular complexity index is 273. The largest absolute Gasteiger partial charge is 0.356 e. The van der Waals surface area contributed by atoms with E-state index in [2.05, 4.69) is 17.1 Å². The summed E-state index contributed by atoms with van der Waals surface area (Å²) in [6, 6.07) is 0. The lowest BCUT2D eigenvalue weighted by Crippen LogP contribution is -2.46. The number of carbonyl (C=O) groups excluding carboxylic acids is 1. The number of piperidine rings is 1. The van der Waals surface area contributed by atoms with E-state index in [9.17, 15) is 4.79 Å². The number of nitrogens with one attached hydrogen (secondary N) is 1. The summed E-state index contributed by atoms with van der Waals surface area (Å²) < 4.78 is 0.